The molecule has 15 heavy (non-hydrogen) atoms. The van der Waals surface area contributed by atoms with E-state index in [1.54, 1.807) is 0 Å². The second-order valence-electron chi connectivity index (χ2n) is 4.39. The molecule has 1 N–H and O–H groups in total. The molecule has 0 radical (unpaired) electrons. The number of rotatable bonds is 4. The van der Waals surface area contributed by atoms with E-state index in [2.05, 4.69) is 17.1 Å². The van der Waals surface area contributed by atoms with Crippen molar-refractivity contribution >= 4 is 0 Å². The third-order valence-corrected chi connectivity index (χ3v) is 2.96. The molecule has 0 saturated carbocycles. The molecule has 2 nitrogen and oxygen atoms in total. The summed E-state index contributed by atoms with van der Waals surface area (Å²) in [6.07, 6.45) is -3.49. The Bertz CT molecular complexity index is 184. The minimum Gasteiger partial charge on any atom is -0.313 e. The summed E-state index contributed by atoms with van der Waals surface area (Å²) in [6.45, 7) is 3.54. The number of nitrogens with zero attached hydrogens (tertiary/aromatic N) is 1. The topological polar surface area (TPSA) is 15.3 Å². The van der Waals surface area contributed by atoms with E-state index in [0.717, 1.165) is 13.0 Å². The molecule has 0 aromatic rings. The van der Waals surface area contributed by atoms with E-state index < -0.39 is 12.6 Å². The summed E-state index contributed by atoms with van der Waals surface area (Å²) in [5.74, 6) is 0. The second kappa shape index (κ2) is 5.16. The lowest BCUT2D eigenvalue weighted by Gasteiger charge is -2.13. The van der Waals surface area contributed by atoms with Gasteiger partial charge >= 0.3 is 6.18 Å². The van der Waals surface area contributed by atoms with Gasteiger partial charge in [0.25, 0.3) is 0 Å². The van der Waals surface area contributed by atoms with E-state index in [9.17, 15) is 13.2 Å². The van der Waals surface area contributed by atoms with Gasteiger partial charge in [0.05, 0.1) is 0 Å². The number of likely N-dealkylation sites (N-methyl/N-ethyl adjacent to an activating group) is 1. The van der Waals surface area contributed by atoms with Crippen molar-refractivity contribution in [3.8, 4) is 0 Å². The van der Waals surface area contributed by atoms with E-state index in [0.29, 0.717) is 18.6 Å². The Hall–Kier alpha value is -0.290. The summed E-state index contributed by atoms with van der Waals surface area (Å²) in [4.78, 5) is 2.22. The van der Waals surface area contributed by atoms with Gasteiger partial charge in [-0.15, -0.1) is 0 Å². The summed E-state index contributed by atoms with van der Waals surface area (Å²) in [6, 6.07) is 0.892. The summed E-state index contributed by atoms with van der Waals surface area (Å²) in [5, 5.41) is 3.17. The zero-order valence-electron chi connectivity index (χ0n) is 9.27. The predicted molar refractivity (Wildman–Crippen MR) is 53.8 cm³/mol. The highest BCUT2D eigenvalue weighted by molar-refractivity contribution is 4.84. The van der Waals surface area contributed by atoms with Crippen molar-refractivity contribution in [2.45, 2.75) is 44.4 Å². The maximum atomic E-state index is 11.8. The molecule has 0 spiro atoms. The Balaban J connectivity index is 2.07. The van der Waals surface area contributed by atoms with Crippen molar-refractivity contribution in [3.63, 3.8) is 0 Å². The first kappa shape index (κ1) is 12.8. The third kappa shape index (κ3) is 4.84. The van der Waals surface area contributed by atoms with E-state index in [1.165, 1.54) is 0 Å². The molecule has 1 fully saturated rings. The highest BCUT2D eigenvalue weighted by Crippen LogP contribution is 2.21. The number of alkyl halides is 3. The van der Waals surface area contributed by atoms with Crippen LogP contribution in [0.3, 0.4) is 0 Å². The molecule has 2 unspecified atom stereocenters. The van der Waals surface area contributed by atoms with Gasteiger partial charge in [-0.05, 0) is 33.4 Å². The van der Waals surface area contributed by atoms with Gasteiger partial charge in [0.1, 0.15) is 0 Å². The molecule has 5 heteroatoms. The van der Waals surface area contributed by atoms with Crippen LogP contribution in [0.25, 0.3) is 0 Å². The normalized spacial score (nSPS) is 28.6. The molecule has 1 aliphatic heterocycles. The Labute approximate surface area is 88.8 Å². The van der Waals surface area contributed by atoms with Crippen molar-refractivity contribution < 1.29 is 13.2 Å². The number of nitrogens with one attached hydrogen (secondary N) is 1. The van der Waals surface area contributed by atoms with Crippen LogP contribution in [-0.2, 0) is 0 Å². The van der Waals surface area contributed by atoms with Crippen molar-refractivity contribution in [1.29, 1.82) is 0 Å². The number of halogens is 3. The SMILES string of the molecule is CC1CC(NCCCC(F)(F)F)CN1C. The quantitative estimate of drug-likeness (QED) is 0.735. The van der Waals surface area contributed by atoms with Gasteiger partial charge < -0.3 is 10.2 Å². The predicted octanol–water partition coefficient (Wildman–Crippen LogP) is 2.01. The van der Waals surface area contributed by atoms with Gasteiger partial charge in [0, 0.05) is 25.0 Å². The monoisotopic (exact) mass is 224 g/mol. The van der Waals surface area contributed by atoms with Crippen LogP contribution in [0.1, 0.15) is 26.2 Å². The summed E-state index contributed by atoms with van der Waals surface area (Å²) in [5.41, 5.74) is 0. The van der Waals surface area contributed by atoms with Crippen LogP contribution in [0, 0.1) is 0 Å². The van der Waals surface area contributed by atoms with E-state index in [1.807, 2.05) is 7.05 Å². The molecule has 0 aromatic heterocycles. The van der Waals surface area contributed by atoms with Gasteiger partial charge in [-0.2, -0.15) is 13.2 Å². The van der Waals surface area contributed by atoms with Crippen LogP contribution in [0.2, 0.25) is 0 Å². The van der Waals surface area contributed by atoms with Crippen molar-refractivity contribution in [2.24, 2.45) is 0 Å². The zero-order valence-corrected chi connectivity index (χ0v) is 9.27. The molecular weight excluding hydrogens is 205 g/mol. The molecule has 0 aromatic carbocycles. The lowest BCUT2D eigenvalue weighted by atomic mass is 10.2. The highest BCUT2D eigenvalue weighted by atomic mass is 19.4. The van der Waals surface area contributed by atoms with Gasteiger partial charge in [-0.3, -0.25) is 0 Å². The average Bonchev–Trinajstić information content (AvgIpc) is 2.39. The Morgan fingerprint density at radius 3 is 2.53 bits per heavy atom. The molecule has 1 rings (SSSR count). The van der Waals surface area contributed by atoms with E-state index in [-0.39, 0.29) is 6.42 Å². The first-order chi connectivity index (χ1) is 6.88. The van der Waals surface area contributed by atoms with E-state index in [4.69, 9.17) is 0 Å². The van der Waals surface area contributed by atoms with Crippen LogP contribution in [-0.4, -0.2) is 43.3 Å². The van der Waals surface area contributed by atoms with Crippen LogP contribution in [0.15, 0.2) is 0 Å². The smallest absolute Gasteiger partial charge is 0.313 e. The van der Waals surface area contributed by atoms with E-state index >= 15 is 0 Å². The largest absolute Gasteiger partial charge is 0.389 e. The minimum absolute atomic E-state index is 0.179. The zero-order chi connectivity index (χ0) is 11.5. The highest BCUT2D eigenvalue weighted by Gasteiger charge is 2.27. The first-order valence-electron chi connectivity index (χ1n) is 5.39. The molecule has 1 heterocycles. The van der Waals surface area contributed by atoms with Gasteiger partial charge in [0.2, 0.25) is 0 Å². The number of likely N-dealkylation sites (tertiary alicyclic amines) is 1. The van der Waals surface area contributed by atoms with Gasteiger partial charge in [-0.25, -0.2) is 0 Å². The third-order valence-electron chi connectivity index (χ3n) is 2.96. The van der Waals surface area contributed by atoms with Crippen LogP contribution >= 0.6 is 0 Å². The van der Waals surface area contributed by atoms with Crippen LogP contribution in [0.4, 0.5) is 13.2 Å². The summed E-state index contributed by atoms with van der Waals surface area (Å²) >= 11 is 0. The molecular formula is C10H19F3N2. The number of hydrogen-bond donors (Lipinski definition) is 1. The Morgan fingerprint density at radius 2 is 2.07 bits per heavy atom. The summed E-state index contributed by atoms with van der Waals surface area (Å²) in [7, 11) is 2.04. The average molecular weight is 224 g/mol. The molecule has 2 atom stereocenters. The maximum Gasteiger partial charge on any atom is 0.389 e. The van der Waals surface area contributed by atoms with Gasteiger partial charge in [-0.1, -0.05) is 0 Å². The Morgan fingerprint density at radius 1 is 1.40 bits per heavy atom. The second-order valence-corrected chi connectivity index (χ2v) is 4.39. The molecule has 0 aliphatic carbocycles. The fourth-order valence-corrected chi connectivity index (χ4v) is 1.94. The fourth-order valence-electron chi connectivity index (χ4n) is 1.94. The molecule has 90 valence electrons. The maximum absolute atomic E-state index is 11.8. The molecule has 0 amide bonds. The molecule has 0 bridgehead atoms. The van der Waals surface area contributed by atoms with Crippen molar-refractivity contribution in [2.75, 3.05) is 20.1 Å². The molecule has 1 aliphatic rings. The standard InChI is InChI=1S/C10H19F3N2/c1-8-6-9(7-15(8)2)14-5-3-4-10(11,12)13/h8-9,14H,3-7H2,1-2H3. The van der Waals surface area contributed by atoms with Crippen LogP contribution in [0.5, 0.6) is 0 Å². The Kier molecular flexibility index (Phi) is 4.40. The lowest BCUT2D eigenvalue weighted by Crippen LogP contribution is -2.32. The number of hydrogen-bond acceptors (Lipinski definition) is 2. The lowest BCUT2D eigenvalue weighted by molar-refractivity contribution is -0.135. The minimum atomic E-state index is -4.01. The molecule has 1 saturated heterocycles. The van der Waals surface area contributed by atoms with Crippen molar-refractivity contribution in [3.05, 3.63) is 0 Å². The summed E-state index contributed by atoms with van der Waals surface area (Å²) < 4.78 is 35.5. The van der Waals surface area contributed by atoms with Crippen molar-refractivity contribution in [1.82, 2.24) is 10.2 Å². The first-order valence-corrected chi connectivity index (χ1v) is 5.39. The van der Waals surface area contributed by atoms with Gasteiger partial charge in [0.15, 0.2) is 0 Å². The van der Waals surface area contributed by atoms with Crippen LogP contribution < -0.4 is 5.32 Å². The fraction of sp³-hybridized carbons (Fsp3) is 1.00.